The number of ether oxygens (including phenoxy) is 1. The lowest BCUT2D eigenvalue weighted by Gasteiger charge is -2.36. The number of rotatable bonds is 2. The quantitative estimate of drug-likeness (QED) is 0.706. The molecule has 2 amide bonds. The zero-order valence-electron chi connectivity index (χ0n) is 16.0. The van der Waals surface area contributed by atoms with Crippen LogP contribution in [0.5, 0.6) is 0 Å². The number of hydrogen-bond acceptors (Lipinski definition) is 3. The van der Waals surface area contributed by atoms with E-state index in [1.165, 1.54) is 10.5 Å². The Bertz CT molecular complexity index is 697. The van der Waals surface area contributed by atoms with Gasteiger partial charge in [-0.05, 0) is 50.0 Å². The SMILES string of the molecule is CC1=CC[C@@]2(CC1)C[C@H](C)[C@@H](C)CN(C(=O)OCc1ccccc1)C2=O. The number of carbonyl (C=O) groups excluding carboxylic acids is 2. The number of imide groups is 1. The van der Waals surface area contributed by atoms with Gasteiger partial charge in [0, 0.05) is 6.54 Å². The van der Waals surface area contributed by atoms with Crippen molar-refractivity contribution in [2.24, 2.45) is 17.3 Å². The Labute approximate surface area is 156 Å². The Morgan fingerprint density at radius 2 is 1.96 bits per heavy atom. The summed E-state index contributed by atoms with van der Waals surface area (Å²) >= 11 is 0. The maximum Gasteiger partial charge on any atom is 0.416 e. The molecule has 3 atom stereocenters. The molecule has 0 saturated carbocycles. The Hall–Kier alpha value is -2.10. The first kappa shape index (κ1) is 18.7. The van der Waals surface area contributed by atoms with Crippen LogP contribution in [-0.4, -0.2) is 23.4 Å². The van der Waals surface area contributed by atoms with Crippen molar-refractivity contribution in [2.45, 2.75) is 53.1 Å². The van der Waals surface area contributed by atoms with Crippen molar-refractivity contribution in [3.05, 3.63) is 47.5 Å². The molecule has 4 nitrogen and oxygen atoms in total. The average molecular weight is 355 g/mol. The van der Waals surface area contributed by atoms with Crippen LogP contribution in [0.2, 0.25) is 0 Å². The van der Waals surface area contributed by atoms with Gasteiger partial charge in [-0.1, -0.05) is 55.8 Å². The molecule has 1 spiro atoms. The van der Waals surface area contributed by atoms with Gasteiger partial charge in [-0.25, -0.2) is 9.69 Å². The first-order chi connectivity index (χ1) is 12.4. The predicted octanol–water partition coefficient (Wildman–Crippen LogP) is 4.94. The van der Waals surface area contributed by atoms with Crippen LogP contribution in [0.4, 0.5) is 4.79 Å². The fraction of sp³-hybridized carbons (Fsp3) is 0.545. The Morgan fingerprint density at radius 1 is 1.23 bits per heavy atom. The molecular weight excluding hydrogens is 326 g/mol. The van der Waals surface area contributed by atoms with Crippen LogP contribution in [0.15, 0.2) is 42.0 Å². The molecule has 3 rings (SSSR count). The maximum atomic E-state index is 13.4. The zero-order chi connectivity index (χ0) is 18.7. The topological polar surface area (TPSA) is 46.6 Å². The third-order valence-corrected chi connectivity index (χ3v) is 6.12. The Kier molecular flexibility index (Phi) is 5.49. The molecule has 0 radical (unpaired) electrons. The molecule has 4 heteroatoms. The van der Waals surface area contributed by atoms with Gasteiger partial charge in [0.2, 0.25) is 5.91 Å². The largest absolute Gasteiger partial charge is 0.444 e. The summed E-state index contributed by atoms with van der Waals surface area (Å²) in [7, 11) is 0. The summed E-state index contributed by atoms with van der Waals surface area (Å²) in [6, 6.07) is 9.58. The fourth-order valence-electron chi connectivity index (χ4n) is 4.09. The maximum absolute atomic E-state index is 13.4. The fourth-order valence-corrected chi connectivity index (χ4v) is 4.09. The van der Waals surface area contributed by atoms with E-state index in [0.717, 1.165) is 31.2 Å². The number of benzene rings is 1. The monoisotopic (exact) mass is 355 g/mol. The minimum atomic E-state index is -0.509. The van der Waals surface area contributed by atoms with Gasteiger partial charge in [0.05, 0.1) is 5.41 Å². The van der Waals surface area contributed by atoms with Crippen molar-refractivity contribution in [3.63, 3.8) is 0 Å². The minimum absolute atomic E-state index is 0.0458. The molecule has 1 saturated heterocycles. The van der Waals surface area contributed by atoms with Crippen LogP contribution >= 0.6 is 0 Å². The van der Waals surface area contributed by atoms with E-state index in [0.29, 0.717) is 12.5 Å². The second kappa shape index (κ2) is 7.65. The minimum Gasteiger partial charge on any atom is -0.444 e. The lowest BCUT2D eigenvalue weighted by atomic mass is 9.68. The molecule has 0 aromatic heterocycles. The normalized spacial score (nSPS) is 29.3. The highest BCUT2D eigenvalue weighted by atomic mass is 16.6. The summed E-state index contributed by atoms with van der Waals surface area (Å²) in [6.45, 7) is 7.07. The van der Waals surface area contributed by atoms with E-state index in [1.54, 1.807) is 0 Å². The molecule has 1 fully saturated rings. The molecule has 1 aromatic carbocycles. The first-order valence-corrected chi connectivity index (χ1v) is 9.59. The second-order valence-corrected chi connectivity index (χ2v) is 8.15. The van der Waals surface area contributed by atoms with Crippen molar-refractivity contribution < 1.29 is 14.3 Å². The lowest BCUT2D eigenvalue weighted by Crippen LogP contribution is -2.47. The molecule has 0 unspecified atom stereocenters. The van der Waals surface area contributed by atoms with Crippen LogP contribution in [0, 0.1) is 17.3 Å². The van der Waals surface area contributed by atoms with Gasteiger partial charge in [-0.2, -0.15) is 0 Å². The molecular formula is C22H29NO3. The first-order valence-electron chi connectivity index (χ1n) is 9.59. The van der Waals surface area contributed by atoms with E-state index in [1.807, 2.05) is 30.3 Å². The number of nitrogens with zero attached hydrogens (tertiary/aromatic N) is 1. The zero-order valence-corrected chi connectivity index (χ0v) is 16.0. The molecule has 0 bridgehead atoms. The lowest BCUT2D eigenvalue weighted by molar-refractivity contribution is -0.140. The number of amides is 2. The highest BCUT2D eigenvalue weighted by Crippen LogP contribution is 2.45. The molecule has 1 aliphatic carbocycles. The third-order valence-electron chi connectivity index (χ3n) is 6.12. The van der Waals surface area contributed by atoms with Gasteiger partial charge in [0.25, 0.3) is 0 Å². The standard InChI is InChI=1S/C22H29NO3/c1-16-9-11-22(12-10-16)13-17(2)18(3)14-23(20(22)24)21(25)26-15-19-7-5-4-6-8-19/h4-9,17-18H,10-15H2,1-3H3/t17-,18-,22+/m0/s1. The molecule has 0 N–H and O–H groups in total. The number of carbonyl (C=O) groups is 2. The van der Waals surface area contributed by atoms with E-state index in [-0.39, 0.29) is 18.4 Å². The van der Waals surface area contributed by atoms with Gasteiger partial charge in [0.15, 0.2) is 0 Å². The van der Waals surface area contributed by atoms with Crippen molar-refractivity contribution in [1.82, 2.24) is 4.90 Å². The van der Waals surface area contributed by atoms with Gasteiger partial charge >= 0.3 is 6.09 Å². The molecule has 1 aromatic rings. The van der Waals surface area contributed by atoms with E-state index in [2.05, 4.69) is 26.8 Å². The van der Waals surface area contributed by atoms with Crippen LogP contribution in [-0.2, 0) is 16.1 Å². The van der Waals surface area contributed by atoms with Crippen molar-refractivity contribution >= 4 is 12.0 Å². The van der Waals surface area contributed by atoms with Crippen LogP contribution in [0.1, 0.15) is 52.0 Å². The van der Waals surface area contributed by atoms with E-state index in [4.69, 9.17) is 4.74 Å². The van der Waals surface area contributed by atoms with Crippen molar-refractivity contribution in [3.8, 4) is 0 Å². The summed E-state index contributed by atoms with van der Waals surface area (Å²) in [5.41, 5.74) is 1.82. The smallest absolute Gasteiger partial charge is 0.416 e. The summed E-state index contributed by atoms with van der Waals surface area (Å²) in [5, 5.41) is 0. The Morgan fingerprint density at radius 3 is 2.62 bits per heavy atom. The molecule has 26 heavy (non-hydrogen) atoms. The second-order valence-electron chi connectivity index (χ2n) is 8.15. The van der Waals surface area contributed by atoms with Crippen LogP contribution in [0.3, 0.4) is 0 Å². The van der Waals surface area contributed by atoms with Gasteiger partial charge in [-0.15, -0.1) is 0 Å². The molecule has 1 heterocycles. The summed E-state index contributed by atoms with van der Waals surface area (Å²) in [6.07, 6.45) is 5.01. The predicted molar refractivity (Wildman–Crippen MR) is 101 cm³/mol. The summed E-state index contributed by atoms with van der Waals surface area (Å²) < 4.78 is 5.48. The number of hydrogen-bond donors (Lipinski definition) is 0. The van der Waals surface area contributed by atoms with Gasteiger partial charge < -0.3 is 4.74 Å². The Balaban J connectivity index is 1.78. The number of likely N-dealkylation sites (tertiary alicyclic amines) is 1. The summed E-state index contributed by atoms with van der Waals surface area (Å²) in [4.78, 5) is 27.5. The van der Waals surface area contributed by atoms with Crippen LogP contribution < -0.4 is 0 Å². The number of allylic oxidation sites excluding steroid dienone is 2. The average Bonchev–Trinajstić information content (AvgIpc) is 2.74. The highest BCUT2D eigenvalue weighted by molar-refractivity contribution is 5.96. The van der Waals surface area contributed by atoms with Gasteiger partial charge in [0.1, 0.15) is 6.61 Å². The van der Waals surface area contributed by atoms with Crippen molar-refractivity contribution in [1.29, 1.82) is 0 Å². The third kappa shape index (κ3) is 3.84. The highest BCUT2D eigenvalue weighted by Gasteiger charge is 2.48. The van der Waals surface area contributed by atoms with Gasteiger partial charge in [-0.3, -0.25) is 4.79 Å². The van der Waals surface area contributed by atoms with Crippen molar-refractivity contribution in [2.75, 3.05) is 6.54 Å². The molecule has 1 aliphatic heterocycles. The van der Waals surface area contributed by atoms with Crippen LogP contribution in [0.25, 0.3) is 0 Å². The van der Waals surface area contributed by atoms with E-state index in [9.17, 15) is 9.59 Å². The summed E-state index contributed by atoms with van der Waals surface area (Å²) in [5.74, 6) is 0.628. The van der Waals surface area contributed by atoms with E-state index < -0.39 is 11.5 Å². The molecule has 2 aliphatic rings. The van der Waals surface area contributed by atoms with E-state index >= 15 is 0 Å². The molecule has 140 valence electrons.